The fraction of sp³-hybridized carbons (Fsp3) is 0.545. The summed E-state index contributed by atoms with van der Waals surface area (Å²) in [6.07, 6.45) is 3.25. The van der Waals surface area contributed by atoms with E-state index in [2.05, 4.69) is 11.1 Å². The second-order valence-corrected chi connectivity index (χ2v) is 3.40. The molecule has 0 aliphatic carbocycles. The highest BCUT2D eigenvalue weighted by atomic mass is 16.5. The van der Waals surface area contributed by atoms with E-state index in [0.29, 0.717) is 5.88 Å². The third-order valence-electron chi connectivity index (χ3n) is 2.12. The molecule has 14 heavy (non-hydrogen) atoms. The van der Waals surface area contributed by atoms with Crippen LogP contribution in [0.25, 0.3) is 0 Å². The SMILES string of the molecule is COc1cc(CCCCN)cc(C)n1. The van der Waals surface area contributed by atoms with Crippen LogP contribution in [-0.4, -0.2) is 18.6 Å². The lowest BCUT2D eigenvalue weighted by molar-refractivity contribution is 0.396. The third-order valence-corrected chi connectivity index (χ3v) is 2.12. The van der Waals surface area contributed by atoms with E-state index in [1.165, 1.54) is 5.56 Å². The second kappa shape index (κ2) is 5.60. The maximum absolute atomic E-state index is 5.44. The number of rotatable bonds is 5. The number of methoxy groups -OCH3 is 1. The van der Waals surface area contributed by atoms with E-state index in [1.807, 2.05) is 13.0 Å². The maximum Gasteiger partial charge on any atom is 0.213 e. The zero-order valence-corrected chi connectivity index (χ0v) is 8.92. The van der Waals surface area contributed by atoms with Crippen molar-refractivity contribution in [2.45, 2.75) is 26.2 Å². The van der Waals surface area contributed by atoms with E-state index in [1.54, 1.807) is 7.11 Å². The molecule has 78 valence electrons. The van der Waals surface area contributed by atoms with Crippen LogP contribution >= 0.6 is 0 Å². The lowest BCUT2D eigenvalue weighted by Gasteiger charge is -2.05. The van der Waals surface area contributed by atoms with Gasteiger partial charge < -0.3 is 10.5 Å². The lowest BCUT2D eigenvalue weighted by atomic mass is 10.1. The first-order valence-corrected chi connectivity index (χ1v) is 4.98. The van der Waals surface area contributed by atoms with Gasteiger partial charge in [0.1, 0.15) is 0 Å². The van der Waals surface area contributed by atoms with Gasteiger partial charge in [-0.2, -0.15) is 0 Å². The van der Waals surface area contributed by atoms with Crippen molar-refractivity contribution in [3.8, 4) is 5.88 Å². The second-order valence-electron chi connectivity index (χ2n) is 3.40. The minimum Gasteiger partial charge on any atom is -0.481 e. The first kappa shape index (κ1) is 11.0. The van der Waals surface area contributed by atoms with Crippen LogP contribution < -0.4 is 10.5 Å². The summed E-state index contributed by atoms with van der Waals surface area (Å²) >= 11 is 0. The number of aryl methyl sites for hydroxylation is 2. The predicted molar refractivity (Wildman–Crippen MR) is 57.5 cm³/mol. The van der Waals surface area contributed by atoms with Crippen LogP contribution in [0.2, 0.25) is 0 Å². The normalized spacial score (nSPS) is 10.2. The molecule has 0 atom stereocenters. The quantitative estimate of drug-likeness (QED) is 0.725. The van der Waals surface area contributed by atoms with Crippen molar-refractivity contribution in [1.29, 1.82) is 0 Å². The number of aromatic nitrogens is 1. The molecule has 0 bridgehead atoms. The molecule has 1 rings (SSSR count). The standard InChI is InChI=1S/C11H18N2O/c1-9-7-10(5-3-4-6-12)8-11(13-9)14-2/h7-8H,3-6,12H2,1-2H3. The molecule has 0 radical (unpaired) electrons. The van der Waals surface area contributed by atoms with Crippen LogP contribution in [0.4, 0.5) is 0 Å². The van der Waals surface area contributed by atoms with Gasteiger partial charge in [-0.15, -0.1) is 0 Å². The van der Waals surface area contributed by atoms with Crippen LogP contribution in [0.5, 0.6) is 5.88 Å². The summed E-state index contributed by atoms with van der Waals surface area (Å²) in [5.41, 5.74) is 7.73. The van der Waals surface area contributed by atoms with Gasteiger partial charge in [0, 0.05) is 11.8 Å². The van der Waals surface area contributed by atoms with Crippen molar-refractivity contribution >= 4 is 0 Å². The smallest absolute Gasteiger partial charge is 0.213 e. The van der Waals surface area contributed by atoms with Crippen molar-refractivity contribution < 1.29 is 4.74 Å². The summed E-state index contributed by atoms with van der Waals surface area (Å²) in [4.78, 5) is 4.23. The Labute approximate surface area is 85.3 Å². The zero-order valence-electron chi connectivity index (χ0n) is 8.92. The monoisotopic (exact) mass is 194 g/mol. The summed E-state index contributed by atoms with van der Waals surface area (Å²) in [6, 6.07) is 4.09. The molecule has 1 heterocycles. The number of nitrogens with zero attached hydrogens (tertiary/aromatic N) is 1. The van der Waals surface area contributed by atoms with Crippen molar-refractivity contribution in [1.82, 2.24) is 4.98 Å². The van der Waals surface area contributed by atoms with Gasteiger partial charge in [0.25, 0.3) is 0 Å². The molecule has 0 aliphatic rings. The van der Waals surface area contributed by atoms with Gasteiger partial charge in [0.15, 0.2) is 0 Å². The highest BCUT2D eigenvalue weighted by Gasteiger charge is 1.99. The van der Waals surface area contributed by atoms with Gasteiger partial charge in [0.2, 0.25) is 5.88 Å². The van der Waals surface area contributed by atoms with E-state index in [4.69, 9.17) is 10.5 Å². The summed E-state index contributed by atoms with van der Waals surface area (Å²) in [5, 5.41) is 0. The molecule has 1 aromatic rings. The van der Waals surface area contributed by atoms with Crippen LogP contribution in [0.1, 0.15) is 24.1 Å². The number of hydrogen-bond donors (Lipinski definition) is 1. The lowest BCUT2D eigenvalue weighted by Crippen LogP contribution is -1.99. The Bertz CT molecular complexity index is 287. The van der Waals surface area contributed by atoms with Crippen LogP contribution in [0.15, 0.2) is 12.1 Å². The van der Waals surface area contributed by atoms with Crippen molar-refractivity contribution in [2.75, 3.05) is 13.7 Å². The summed E-state index contributed by atoms with van der Waals surface area (Å²) < 4.78 is 5.11. The van der Waals surface area contributed by atoms with Gasteiger partial charge >= 0.3 is 0 Å². The minimum atomic E-state index is 0.702. The largest absolute Gasteiger partial charge is 0.481 e. The summed E-state index contributed by atoms with van der Waals surface area (Å²) in [6.45, 7) is 2.75. The zero-order chi connectivity index (χ0) is 10.4. The third kappa shape index (κ3) is 3.34. The van der Waals surface area contributed by atoms with Gasteiger partial charge in [-0.3, -0.25) is 0 Å². The molecular weight excluding hydrogens is 176 g/mol. The van der Waals surface area contributed by atoms with E-state index < -0.39 is 0 Å². The number of ether oxygens (including phenoxy) is 1. The average molecular weight is 194 g/mol. The molecule has 3 heteroatoms. The average Bonchev–Trinajstić information content (AvgIpc) is 2.17. The first-order chi connectivity index (χ1) is 6.76. The molecule has 0 amide bonds. The van der Waals surface area contributed by atoms with Gasteiger partial charge in [-0.05, 0) is 44.4 Å². The topological polar surface area (TPSA) is 48.1 Å². The molecule has 0 aromatic carbocycles. The van der Waals surface area contributed by atoms with Crippen molar-refractivity contribution in [2.24, 2.45) is 5.73 Å². The highest BCUT2D eigenvalue weighted by molar-refractivity contribution is 5.24. The summed E-state index contributed by atoms with van der Waals surface area (Å²) in [5.74, 6) is 0.702. The molecule has 0 aliphatic heterocycles. The van der Waals surface area contributed by atoms with E-state index in [0.717, 1.165) is 31.5 Å². The molecule has 0 spiro atoms. The Morgan fingerprint density at radius 1 is 1.36 bits per heavy atom. The molecule has 2 N–H and O–H groups in total. The Balaban J connectivity index is 2.62. The Morgan fingerprint density at radius 3 is 2.79 bits per heavy atom. The fourth-order valence-electron chi connectivity index (χ4n) is 1.43. The summed E-state index contributed by atoms with van der Waals surface area (Å²) in [7, 11) is 1.64. The van der Waals surface area contributed by atoms with Crippen LogP contribution in [-0.2, 0) is 6.42 Å². The Morgan fingerprint density at radius 2 is 2.14 bits per heavy atom. The number of hydrogen-bond acceptors (Lipinski definition) is 3. The van der Waals surface area contributed by atoms with Crippen LogP contribution in [0.3, 0.4) is 0 Å². The molecule has 1 aromatic heterocycles. The molecular formula is C11H18N2O. The van der Waals surface area contributed by atoms with Crippen molar-refractivity contribution in [3.63, 3.8) is 0 Å². The van der Waals surface area contributed by atoms with E-state index in [-0.39, 0.29) is 0 Å². The van der Waals surface area contributed by atoms with Gasteiger partial charge in [-0.1, -0.05) is 0 Å². The number of pyridine rings is 1. The Hall–Kier alpha value is -1.09. The van der Waals surface area contributed by atoms with Gasteiger partial charge in [0.05, 0.1) is 7.11 Å². The number of unbranched alkanes of at least 4 members (excludes halogenated alkanes) is 1. The van der Waals surface area contributed by atoms with Crippen molar-refractivity contribution in [3.05, 3.63) is 23.4 Å². The molecule has 0 unspecified atom stereocenters. The molecule has 0 fully saturated rings. The highest BCUT2D eigenvalue weighted by Crippen LogP contribution is 2.13. The predicted octanol–water partition coefficient (Wildman–Crippen LogP) is 1.68. The molecule has 3 nitrogen and oxygen atoms in total. The molecule has 0 saturated heterocycles. The van der Waals surface area contributed by atoms with Crippen LogP contribution in [0, 0.1) is 6.92 Å². The minimum absolute atomic E-state index is 0.702. The van der Waals surface area contributed by atoms with Gasteiger partial charge in [-0.25, -0.2) is 4.98 Å². The Kier molecular flexibility index (Phi) is 4.40. The van der Waals surface area contributed by atoms with E-state index in [9.17, 15) is 0 Å². The number of nitrogens with two attached hydrogens (primary N) is 1. The first-order valence-electron chi connectivity index (χ1n) is 4.98. The van der Waals surface area contributed by atoms with E-state index >= 15 is 0 Å². The fourth-order valence-corrected chi connectivity index (χ4v) is 1.43. The molecule has 0 saturated carbocycles. The maximum atomic E-state index is 5.44.